The first-order valence-electron chi connectivity index (χ1n) is 13.8. The van der Waals surface area contributed by atoms with Gasteiger partial charge in [0.2, 0.25) is 21.8 Å². The van der Waals surface area contributed by atoms with Crippen LogP contribution in [0.25, 0.3) is 0 Å². The van der Waals surface area contributed by atoms with Gasteiger partial charge < -0.3 is 15.0 Å². The minimum atomic E-state index is -3.66. The number of para-hydroxylation sites is 2. The van der Waals surface area contributed by atoms with Crippen molar-refractivity contribution in [3.63, 3.8) is 0 Å². The lowest BCUT2D eigenvalue weighted by Crippen LogP contribution is -2.54. The highest BCUT2D eigenvalue weighted by Gasteiger charge is 2.32. The Morgan fingerprint density at radius 1 is 0.929 bits per heavy atom. The number of carbonyl (C=O) groups is 2. The van der Waals surface area contributed by atoms with Crippen LogP contribution in [-0.4, -0.2) is 56.6 Å². The number of amides is 2. The number of ether oxygens (including phenoxy) is 1. The summed E-state index contributed by atoms with van der Waals surface area (Å²) in [5.74, 6) is -0.107. The summed E-state index contributed by atoms with van der Waals surface area (Å²) in [6.07, 6.45) is 1.71. The van der Waals surface area contributed by atoms with Crippen LogP contribution in [0.4, 0.5) is 5.69 Å². The smallest absolute Gasteiger partial charge is 0.243 e. The number of nitrogens with zero attached hydrogens (tertiary/aromatic N) is 2. The summed E-state index contributed by atoms with van der Waals surface area (Å²) in [5, 5.41) is 3.61. The highest BCUT2D eigenvalue weighted by atomic mass is 35.5. The quantitative estimate of drug-likeness (QED) is 0.277. The second-order valence-electron chi connectivity index (χ2n) is 11.2. The van der Waals surface area contributed by atoms with Gasteiger partial charge in [0.25, 0.3) is 0 Å². The molecule has 226 valence electrons. The average Bonchev–Trinajstić information content (AvgIpc) is 2.93. The Labute approximate surface area is 254 Å². The molecule has 0 aromatic heterocycles. The number of benzene rings is 3. The third-order valence-corrected chi connectivity index (χ3v) is 7.97. The van der Waals surface area contributed by atoms with Crippen molar-refractivity contribution >= 4 is 39.1 Å². The summed E-state index contributed by atoms with van der Waals surface area (Å²) in [5.41, 5.74) is 1.63. The Balaban J connectivity index is 1.91. The van der Waals surface area contributed by atoms with Crippen LogP contribution >= 0.6 is 11.6 Å². The molecule has 1 atom stereocenters. The molecule has 0 aliphatic heterocycles. The van der Waals surface area contributed by atoms with Crippen molar-refractivity contribution in [2.75, 3.05) is 24.2 Å². The van der Waals surface area contributed by atoms with Crippen LogP contribution in [0.1, 0.15) is 44.7 Å². The van der Waals surface area contributed by atoms with Gasteiger partial charge in [0.1, 0.15) is 11.8 Å². The zero-order valence-corrected chi connectivity index (χ0v) is 26.4. The predicted octanol–water partition coefficient (Wildman–Crippen LogP) is 5.45. The summed E-state index contributed by atoms with van der Waals surface area (Å²) >= 11 is 6.10. The Morgan fingerprint density at radius 2 is 1.55 bits per heavy atom. The first-order chi connectivity index (χ1) is 19.8. The molecule has 3 aromatic rings. The molecule has 3 aromatic carbocycles. The molecule has 8 nitrogen and oxygen atoms in total. The van der Waals surface area contributed by atoms with E-state index in [-0.39, 0.29) is 37.7 Å². The summed E-state index contributed by atoms with van der Waals surface area (Å²) in [7, 11) is -2.18. The number of hydrogen-bond acceptors (Lipinski definition) is 5. The molecule has 0 heterocycles. The van der Waals surface area contributed by atoms with Crippen molar-refractivity contribution < 1.29 is 22.7 Å². The molecule has 1 N–H and O–H groups in total. The van der Waals surface area contributed by atoms with Crippen LogP contribution in [0, 0.1) is 0 Å². The van der Waals surface area contributed by atoms with E-state index in [2.05, 4.69) is 5.32 Å². The highest BCUT2D eigenvalue weighted by Crippen LogP contribution is 2.30. The van der Waals surface area contributed by atoms with E-state index in [1.165, 1.54) is 11.4 Å². The van der Waals surface area contributed by atoms with Crippen LogP contribution in [0.2, 0.25) is 5.02 Å². The fourth-order valence-electron chi connectivity index (χ4n) is 4.61. The molecule has 3 rings (SSSR count). The number of carbonyl (C=O) groups excluding carboxylic acids is 2. The topological polar surface area (TPSA) is 96.0 Å². The van der Waals surface area contributed by atoms with Crippen molar-refractivity contribution in [1.29, 1.82) is 0 Å². The molecule has 10 heteroatoms. The zero-order valence-electron chi connectivity index (χ0n) is 24.8. The van der Waals surface area contributed by atoms with Crippen molar-refractivity contribution in [2.45, 2.75) is 58.2 Å². The Bertz CT molecular complexity index is 1440. The van der Waals surface area contributed by atoms with Gasteiger partial charge in [-0.05, 0) is 62.6 Å². The summed E-state index contributed by atoms with van der Waals surface area (Å²) in [6, 6.07) is 22.8. The van der Waals surface area contributed by atoms with Gasteiger partial charge in [-0.2, -0.15) is 0 Å². The van der Waals surface area contributed by atoms with Crippen LogP contribution in [-0.2, 0) is 32.6 Å². The first kappa shape index (κ1) is 32.9. The van der Waals surface area contributed by atoms with Gasteiger partial charge in [0.05, 0.1) is 19.1 Å². The summed E-state index contributed by atoms with van der Waals surface area (Å²) in [6.45, 7) is 5.94. The van der Waals surface area contributed by atoms with Crippen LogP contribution < -0.4 is 14.4 Å². The Kier molecular flexibility index (Phi) is 11.4. The largest absolute Gasteiger partial charge is 0.495 e. The summed E-state index contributed by atoms with van der Waals surface area (Å²) in [4.78, 5) is 29.2. The number of anilines is 1. The lowest BCUT2D eigenvalue weighted by atomic mass is 10.00. The number of rotatable bonds is 13. The lowest BCUT2D eigenvalue weighted by Gasteiger charge is -2.34. The molecule has 42 heavy (non-hydrogen) atoms. The third kappa shape index (κ3) is 9.77. The fraction of sp³-hybridized carbons (Fsp3) is 0.375. The average molecular weight is 614 g/mol. The van der Waals surface area contributed by atoms with Gasteiger partial charge in [-0.3, -0.25) is 13.9 Å². The zero-order chi connectivity index (χ0) is 30.9. The van der Waals surface area contributed by atoms with E-state index in [0.717, 1.165) is 17.4 Å². The highest BCUT2D eigenvalue weighted by molar-refractivity contribution is 7.92. The molecular weight excluding hydrogens is 574 g/mol. The maximum absolute atomic E-state index is 13.9. The molecule has 2 amide bonds. The van der Waals surface area contributed by atoms with Gasteiger partial charge >= 0.3 is 0 Å². The maximum Gasteiger partial charge on any atom is 0.243 e. The molecule has 1 unspecified atom stereocenters. The van der Waals surface area contributed by atoms with E-state index in [4.69, 9.17) is 16.3 Å². The fourth-order valence-corrected chi connectivity index (χ4v) is 5.71. The van der Waals surface area contributed by atoms with Gasteiger partial charge in [-0.25, -0.2) is 8.42 Å². The number of halogens is 1. The number of sulfonamides is 1. The summed E-state index contributed by atoms with van der Waals surface area (Å²) < 4.78 is 32.1. The van der Waals surface area contributed by atoms with E-state index in [9.17, 15) is 18.0 Å². The molecule has 0 spiro atoms. The monoisotopic (exact) mass is 613 g/mol. The molecule has 0 saturated carbocycles. The van der Waals surface area contributed by atoms with Gasteiger partial charge in [0, 0.05) is 36.5 Å². The van der Waals surface area contributed by atoms with Crippen LogP contribution in [0.3, 0.4) is 0 Å². The molecule has 0 fully saturated rings. The molecular formula is C32H40ClN3O5S. The Morgan fingerprint density at radius 3 is 2.14 bits per heavy atom. The van der Waals surface area contributed by atoms with Crippen molar-refractivity contribution in [2.24, 2.45) is 0 Å². The van der Waals surface area contributed by atoms with E-state index in [1.807, 2.05) is 63.2 Å². The standard InChI is InChI=1S/C32H40ClN3O5S/c1-32(2,3)34-31(38)28(22-24-12-7-6-8-13-24)35(23-25-17-19-26(33)20-18-25)30(37)16-11-21-36(42(5,39)40)27-14-9-10-15-29(27)41-4/h6-10,12-15,17-20,28H,11,16,21-23H2,1-5H3,(H,34,38). The Hall–Kier alpha value is -3.56. The number of hydrogen-bond donors (Lipinski definition) is 1. The molecule has 0 aliphatic rings. The molecule has 0 saturated heterocycles. The predicted molar refractivity (Wildman–Crippen MR) is 168 cm³/mol. The van der Waals surface area contributed by atoms with Crippen LogP contribution in [0.15, 0.2) is 78.9 Å². The van der Waals surface area contributed by atoms with Gasteiger partial charge in [-0.1, -0.05) is 66.2 Å². The number of nitrogens with one attached hydrogen (secondary N) is 1. The first-order valence-corrected chi connectivity index (χ1v) is 16.0. The van der Waals surface area contributed by atoms with E-state index in [1.54, 1.807) is 41.3 Å². The minimum absolute atomic E-state index is 0.0306. The SMILES string of the molecule is COc1ccccc1N(CCCC(=O)N(Cc1ccc(Cl)cc1)C(Cc1ccccc1)C(=O)NC(C)(C)C)S(C)(=O)=O. The lowest BCUT2D eigenvalue weighted by molar-refractivity contribution is -0.142. The van der Waals surface area contributed by atoms with Gasteiger partial charge in [0.15, 0.2) is 0 Å². The van der Waals surface area contributed by atoms with Crippen molar-refractivity contribution in [1.82, 2.24) is 10.2 Å². The van der Waals surface area contributed by atoms with Crippen molar-refractivity contribution in [3.8, 4) is 5.75 Å². The van der Waals surface area contributed by atoms with E-state index in [0.29, 0.717) is 22.9 Å². The van der Waals surface area contributed by atoms with Crippen LogP contribution in [0.5, 0.6) is 5.75 Å². The third-order valence-electron chi connectivity index (χ3n) is 6.54. The minimum Gasteiger partial charge on any atom is -0.495 e. The van der Waals surface area contributed by atoms with E-state index >= 15 is 0 Å². The molecule has 0 aliphatic carbocycles. The maximum atomic E-state index is 13.9. The van der Waals surface area contributed by atoms with E-state index < -0.39 is 21.6 Å². The molecule has 0 radical (unpaired) electrons. The second-order valence-corrected chi connectivity index (χ2v) is 13.5. The molecule has 0 bridgehead atoms. The number of methoxy groups -OCH3 is 1. The van der Waals surface area contributed by atoms with Gasteiger partial charge in [-0.15, -0.1) is 0 Å². The normalized spacial score (nSPS) is 12.3. The van der Waals surface area contributed by atoms with Crippen molar-refractivity contribution in [3.05, 3.63) is 95.0 Å². The second kappa shape index (κ2) is 14.6.